The molecule has 39 heavy (non-hydrogen) atoms. The summed E-state index contributed by atoms with van der Waals surface area (Å²) in [6.07, 6.45) is -4.45. The molecule has 0 saturated carbocycles. The third-order valence-electron chi connectivity index (χ3n) is 7.06. The summed E-state index contributed by atoms with van der Waals surface area (Å²) in [6, 6.07) is 12.0. The second kappa shape index (κ2) is 11.7. The van der Waals surface area contributed by atoms with Gasteiger partial charge in [-0.2, -0.15) is 13.2 Å². The molecule has 1 unspecified atom stereocenters. The van der Waals surface area contributed by atoms with Gasteiger partial charge in [0.05, 0.1) is 17.7 Å². The minimum Gasteiger partial charge on any atom is -0.463 e. The predicted octanol–water partition coefficient (Wildman–Crippen LogP) is 4.86. The Morgan fingerprint density at radius 2 is 1.72 bits per heavy atom. The second-order valence-electron chi connectivity index (χ2n) is 9.42. The molecule has 0 N–H and O–H groups in total. The number of piperazine rings is 1. The minimum absolute atomic E-state index is 0.0102. The number of amides is 2. The van der Waals surface area contributed by atoms with Crippen LogP contribution in [-0.2, 0) is 25.3 Å². The van der Waals surface area contributed by atoms with Crippen LogP contribution in [0.3, 0.4) is 0 Å². The standard InChI is InChI=1S/C28H29ClF3N3O4/c1-3-39-27(38)26-18(2)35(24(36)16-23(26)19-7-9-21(29)10-8-19)17-25(37)34-13-11-33(12-14-34)22-6-4-5-20(15-22)28(30,31)32/h4-10,15,23H,3,11-14,16-17H2,1-2H3. The first-order valence-corrected chi connectivity index (χ1v) is 13.0. The Balaban J connectivity index is 1.48. The maximum atomic E-state index is 13.2. The summed E-state index contributed by atoms with van der Waals surface area (Å²) in [4.78, 5) is 44.0. The van der Waals surface area contributed by atoms with E-state index in [1.165, 1.54) is 11.0 Å². The molecule has 1 atom stereocenters. The van der Waals surface area contributed by atoms with Gasteiger partial charge in [0, 0.05) is 54.9 Å². The highest BCUT2D eigenvalue weighted by molar-refractivity contribution is 6.30. The molecule has 0 radical (unpaired) electrons. The molecule has 2 heterocycles. The van der Waals surface area contributed by atoms with Gasteiger partial charge in [-0.1, -0.05) is 29.8 Å². The molecule has 4 rings (SSSR count). The predicted molar refractivity (Wildman–Crippen MR) is 140 cm³/mol. The first-order chi connectivity index (χ1) is 18.5. The van der Waals surface area contributed by atoms with Gasteiger partial charge in [0.2, 0.25) is 11.8 Å². The summed E-state index contributed by atoms with van der Waals surface area (Å²) >= 11 is 6.01. The highest BCUT2D eigenvalue weighted by Crippen LogP contribution is 2.37. The molecule has 0 aromatic heterocycles. The number of nitrogens with zero attached hydrogens (tertiary/aromatic N) is 3. The maximum absolute atomic E-state index is 13.2. The number of carbonyl (C=O) groups excluding carboxylic acids is 3. The Morgan fingerprint density at radius 1 is 1.05 bits per heavy atom. The maximum Gasteiger partial charge on any atom is 0.416 e. The number of benzene rings is 2. The van der Waals surface area contributed by atoms with Gasteiger partial charge in [-0.3, -0.25) is 9.59 Å². The van der Waals surface area contributed by atoms with E-state index >= 15 is 0 Å². The quantitative estimate of drug-likeness (QED) is 0.470. The summed E-state index contributed by atoms with van der Waals surface area (Å²) in [7, 11) is 0. The van der Waals surface area contributed by atoms with Gasteiger partial charge >= 0.3 is 12.1 Å². The van der Waals surface area contributed by atoms with E-state index in [0.29, 0.717) is 35.1 Å². The van der Waals surface area contributed by atoms with Gasteiger partial charge in [0.15, 0.2) is 0 Å². The van der Waals surface area contributed by atoms with Crippen LogP contribution in [0.15, 0.2) is 59.8 Å². The zero-order valence-corrected chi connectivity index (χ0v) is 22.4. The van der Waals surface area contributed by atoms with Crippen molar-refractivity contribution in [2.24, 2.45) is 0 Å². The van der Waals surface area contributed by atoms with Crippen molar-refractivity contribution in [2.45, 2.75) is 32.4 Å². The summed E-state index contributed by atoms with van der Waals surface area (Å²) in [5.41, 5.74) is 1.14. The van der Waals surface area contributed by atoms with Gasteiger partial charge in [-0.15, -0.1) is 0 Å². The van der Waals surface area contributed by atoms with Crippen molar-refractivity contribution < 1.29 is 32.3 Å². The van der Waals surface area contributed by atoms with Gasteiger partial charge in [-0.05, 0) is 49.7 Å². The van der Waals surface area contributed by atoms with Crippen molar-refractivity contribution in [1.82, 2.24) is 9.80 Å². The lowest BCUT2D eigenvalue weighted by molar-refractivity contribution is -0.142. The summed E-state index contributed by atoms with van der Waals surface area (Å²) < 4.78 is 44.6. The number of hydrogen-bond acceptors (Lipinski definition) is 5. The zero-order valence-electron chi connectivity index (χ0n) is 21.6. The Morgan fingerprint density at radius 3 is 2.33 bits per heavy atom. The highest BCUT2D eigenvalue weighted by atomic mass is 35.5. The van der Waals surface area contributed by atoms with Crippen molar-refractivity contribution in [1.29, 1.82) is 0 Å². The van der Waals surface area contributed by atoms with Crippen LogP contribution in [0, 0.1) is 0 Å². The third kappa shape index (κ3) is 6.38. The first-order valence-electron chi connectivity index (χ1n) is 12.6. The Bertz CT molecular complexity index is 1270. The van der Waals surface area contributed by atoms with Gasteiger partial charge in [0.25, 0.3) is 0 Å². The van der Waals surface area contributed by atoms with E-state index in [2.05, 4.69) is 0 Å². The number of rotatable bonds is 6. The van der Waals surface area contributed by atoms with E-state index in [1.54, 1.807) is 54.0 Å². The SMILES string of the molecule is CCOC(=O)C1=C(C)N(CC(=O)N2CCN(c3cccc(C(F)(F)F)c3)CC2)C(=O)CC1c1ccc(Cl)cc1. The summed E-state index contributed by atoms with van der Waals surface area (Å²) in [6.45, 7) is 4.52. The van der Waals surface area contributed by atoms with Crippen LogP contribution in [0.25, 0.3) is 0 Å². The van der Waals surface area contributed by atoms with Gasteiger partial charge in [0.1, 0.15) is 6.54 Å². The largest absolute Gasteiger partial charge is 0.463 e. The topological polar surface area (TPSA) is 70.2 Å². The lowest BCUT2D eigenvalue weighted by Crippen LogP contribution is -2.52. The monoisotopic (exact) mass is 563 g/mol. The van der Waals surface area contributed by atoms with Crippen molar-refractivity contribution in [3.8, 4) is 0 Å². The van der Waals surface area contributed by atoms with E-state index in [0.717, 1.165) is 17.7 Å². The van der Waals surface area contributed by atoms with Crippen LogP contribution >= 0.6 is 11.6 Å². The molecule has 0 bridgehead atoms. The number of anilines is 1. The molecule has 1 saturated heterocycles. The lowest BCUT2D eigenvalue weighted by Gasteiger charge is -2.38. The number of alkyl halides is 3. The Kier molecular flexibility index (Phi) is 8.54. The van der Waals surface area contributed by atoms with Crippen LogP contribution < -0.4 is 4.90 Å². The molecule has 7 nitrogen and oxygen atoms in total. The van der Waals surface area contributed by atoms with Crippen molar-refractivity contribution >= 4 is 35.1 Å². The average molecular weight is 564 g/mol. The van der Waals surface area contributed by atoms with Gasteiger partial charge < -0.3 is 19.4 Å². The fraction of sp³-hybridized carbons (Fsp3) is 0.393. The highest BCUT2D eigenvalue weighted by Gasteiger charge is 2.38. The van der Waals surface area contributed by atoms with E-state index in [4.69, 9.17) is 16.3 Å². The Hall–Kier alpha value is -3.53. The molecule has 208 valence electrons. The molecule has 2 aliphatic heterocycles. The fourth-order valence-electron chi connectivity index (χ4n) is 4.98. The molecule has 2 aromatic rings. The van der Waals surface area contributed by atoms with Crippen LogP contribution in [0.1, 0.15) is 37.3 Å². The Labute approximate surface area is 229 Å². The summed E-state index contributed by atoms with van der Waals surface area (Å²) in [5.74, 6) is -1.68. The van der Waals surface area contributed by atoms with E-state index in [1.807, 2.05) is 0 Å². The fourth-order valence-corrected chi connectivity index (χ4v) is 5.11. The molecule has 2 aliphatic rings. The minimum atomic E-state index is -4.44. The lowest BCUT2D eigenvalue weighted by atomic mass is 9.83. The number of hydrogen-bond donors (Lipinski definition) is 0. The third-order valence-corrected chi connectivity index (χ3v) is 7.31. The molecular weight excluding hydrogens is 535 g/mol. The molecule has 0 spiro atoms. The first kappa shape index (κ1) is 28.5. The molecular formula is C28H29ClF3N3O4. The van der Waals surface area contributed by atoms with E-state index in [-0.39, 0.29) is 44.5 Å². The van der Waals surface area contributed by atoms with Crippen LogP contribution in [-0.4, -0.2) is 66.9 Å². The molecule has 2 amide bonds. The number of allylic oxidation sites excluding steroid dienone is 1. The van der Waals surface area contributed by atoms with Crippen molar-refractivity contribution in [3.05, 3.63) is 76.0 Å². The second-order valence-corrected chi connectivity index (χ2v) is 9.86. The average Bonchev–Trinajstić information content (AvgIpc) is 2.91. The van der Waals surface area contributed by atoms with E-state index in [9.17, 15) is 27.6 Å². The molecule has 0 aliphatic carbocycles. The smallest absolute Gasteiger partial charge is 0.416 e. The number of carbonyl (C=O) groups is 3. The van der Waals surface area contributed by atoms with E-state index < -0.39 is 23.6 Å². The number of halogens is 4. The van der Waals surface area contributed by atoms with Crippen molar-refractivity contribution in [2.75, 3.05) is 44.2 Å². The molecule has 2 aromatic carbocycles. The van der Waals surface area contributed by atoms with Gasteiger partial charge in [-0.25, -0.2) is 4.79 Å². The normalized spacial score (nSPS) is 18.5. The summed E-state index contributed by atoms with van der Waals surface area (Å²) in [5, 5.41) is 0.527. The van der Waals surface area contributed by atoms with Crippen LogP contribution in [0.2, 0.25) is 5.02 Å². The number of esters is 1. The molecule has 11 heteroatoms. The van der Waals surface area contributed by atoms with Crippen LogP contribution in [0.5, 0.6) is 0 Å². The number of ether oxygens (including phenoxy) is 1. The molecule has 1 fully saturated rings. The zero-order chi connectivity index (χ0) is 28.3. The van der Waals surface area contributed by atoms with Crippen molar-refractivity contribution in [3.63, 3.8) is 0 Å². The van der Waals surface area contributed by atoms with Crippen LogP contribution in [0.4, 0.5) is 18.9 Å².